The van der Waals surface area contributed by atoms with Crippen molar-refractivity contribution in [3.8, 4) is 0 Å². The summed E-state index contributed by atoms with van der Waals surface area (Å²) >= 11 is 2.21. The van der Waals surface area contributed by atoms with Crippen molar-refractivity contribution in [2.75, 3.05) is 5.73 Å². The Morgan fingerprint density at radius 2 is 2.29 bits per heavy atom. The fourth-order valence-electron chi connectivity index (χ4n) is 1.67. The van der Waals surface area contributed by atoms with Gasteiger partial charge in [0.15, 0.2) is 5.82 Å². The smallest absolute Gasteiger partial charge is 0.150 e. The van der Waals surface area contributed by atoms with Crippen LogP contribution < -0.4 is 5.73 Å². The lowest BCUT2D eigenvalue weighted by Crippen LogP contribution is -1.97. The fraction of sp³-hybridized carbons (Fsp3) is 0.333. The Balaban J connectivity index is 2.37. The average molecular weight is 300 g/mol. The highest BCUT2D eigenvalue weighted by atomic mass is 127. The number of nitrogen functional groups attached to an aromatic ring is 1. The van der Waals surface area contributed by atoms with Gasteiger partial charge in [-0.1, -0.05) is 0 Å². The molecule has 0 aliphatic heterocycles. The number of rotatable bonds is 1. The Bertz CT molecular complexity index is 501. The lowest BCUT2D eigenvalue weighted by Gasteiger charge is -1.99. The van der Waals surface area contributed by atoms with Gasteiger partial charge in [0.05, 0.1) is 0 Å². The van der Waals surface area contributed by atoms with Crippen molar-refractivity contribution in [2.24, 2.45) is 0 Å². The van der Waals surface area contributed by atoms with E-state index in [0.29, 0.717) is 11.7 Å². The van der Waals surface area contributed by atoms with E-state index in [-0.39, 0.29) is 0 Å². The van der Waals surface area contributed by atoms with E-state index < -0.39 is 0 Å². The van der Waals surface area contributed by atoms with Gasteiger partial charge in [0, 0.05) is 18.3 Å². The second-order valence-corrected chi connectivity index (χ2v) is 4.59. The molecular weight excluding hydrogens is 291 g/mol. The van der Waals surface area contributed by atoms with Crippen LogP contribution in [0.4, 0.5) is 5.82 Å². The Hall–Kier alpha value is -0.850. The van der Waals surface area contributed by atoms with Gasteiger partial charge in [-0.15, -0.1) is 0 Å². The molecule has 4 nitrogen and oxygen atoms in total. The largest absolute Gasteiger partial charge is 0.382 e. The highest BCUT2D eigenvalue weighted by Gasteiger charge is 2.29. The van der Waals surface area contributed by atoms with Gasteiger partial charge < -0.3 is 5.73 Å². The molecule has 1 saturated carbocycles. The molecule has 5 heteroatoms. The minimum Gasteiger partial charge on any atom is -0.382 e. The summed E-state index contributed by atoms with van der Waals surface area (Å²) in [5.74, 6) is 2.34. The van der Waals surface area contributed by atoms with Crippen LogP contribution in [0.1, 0.15) is 24.6 Å². The lowest BCUT2D eigenvalue weighted by molar-refractivity contribution is 0.914. The minimum atomic E-state index is 0.566. The summed E-state index contributed by atoms with van der Waals surface area (Å²) in [6.45, 7) is 0. The van der Waals surface area contributed by atoms with E-state index in [1.54, 1.807) is 6.20 Å². The van der Waals surface area contributed by atoms with Crippen molar-refractivity contribution in [1.82, 2.24) is 14.4 Å². The molecule has 2 N–H and O–H groups in total. The predicted octanol–water partition coefficient (Wildman–Crippen LogP) is 1.79. The molecule has 2 heterocycles. The molecule has 3 rings (SSSR count). The van der Waals surface area contributed by atoms with E-state index >= 15 is 0 Å². The molecule has 1 fully saturated rings. The third kappa shape index (κ3) is 1.11. The molecule has 2 aromatic rings. The van der Waals surface area contributed by atoms with E-state index in [9.17, 15) is 0 Å². The first kappa shape index (κ1) is 8.46. The highest BCUT2D eigenvalue weighted by molar-refractivity contribution is 14.1. The molecule has 0 saturated heterocycles. The third-order valence-electron chi connectivity index (χ3n) is 2.51. The topological polar surface area (TPSA) is 56.2 Å². The van der Waals surface area contributed by atoms with Crippen molar-refractivity contribution < 1.29 is 0 Å². The summed E-state index contributed by atoms with van der Waals surface area (Å²) in [4.78, 5) is 8.62. The van der Waals surface area contributed by atoms with E-state index in [2.05, 4.69) is 37.0 Å². The van der Waals surface area contributed by atoms with Gasteiger partial charge in [0.2, 0.25) is 0 Å². The molecule has 0 amide bonds. The lowest BCUT2D eigenvalue weighted by atomic mass is 10.4. The number of hydrogen-bond acceptors (Lipinski definition) is 3. The minimum absolute atomic E-state index is 0.566. The Morgan fingerprint density at radius 1 is 1.50 bits per heavy atom. The molecular formula is C9H9IN4. The number of imidazole rings is 1. The molecule has 1 aliphatic carbocycles. The molecule has 0 aromatic carbocycles. The molecule has 2 aromatic heterocycles. The van der Waals surface area contributed by atoms with Crippen LogP contribution in [-0.2, 0) is 0 Å². The van der Waals surface area contributed by atoms with Gasteiger partial charge in [0.1, 0.15) is 15.0 Å². The predicted molar refractivity (Wildman–Crippen MR) is 62.1 cm³/mol. The maximum absolute atomic E-state index is 5.81. The number of nitrogens with two attached hydrogens (primary N) is 1. The standard InChI is InChI=1S/C9H9IN4/c10-7-6-8(11)12-3-4-14(6)9(13-7)5-1-2-5/h3-5H,1-2H2,(H2,11,12). The van der Waals surface area contributed by atoms with Crippen LogP contribution in [0, 0.1) is 3.70 Å². The first-order chi connectivity index (χ1) is 6.77. The molecule has 1 aliphatic rings. The molecule has 0 bridgehead atoms. The van der Waals surface area contributed by atoms with Crippen LogP contribution in [0.15, 0.2) is 12.4 Å². The first-order valence-corrected chi connectivity index (χ1v) is 5.63. The third-order valence-corrected chi connectivity index (χ3v) is 3.26. The van der Waals surface area contributed by atoms with Crippen molar-refractivity contribution >= 4 is 33.9 Å². The molecule has 14 heavy (non-hydrogen) atoms. The van der Waals surface area contributed by atoms with Gasteiger partial charge >= 0.3 is 0 Å². The summed E-state index contributed by atoms with van der Waals surface area (Å²) < 4.78 is 3.03. The quantitative estimate of drug-likeness (QED) is 0.817. The van der Waals surface area contributed by atoms with Crippen molar-refractivity contribution in [2.45, 2.75) is 18.8 Å². The number of aromatic nitrogens is 3. The van der Waals surface area contributed by atoms with Crippen LogP contribution in [0.5, 0.6) is 0 Å². The molecule has 0 atom stereocenters. The summed E-state index contributed by atoms with van der Waals surface area (Å²) in [6.07, 6.45) is 6.16. The average Bonchev–Trinajstić information content (AvgIpc) is 2.93. The van der Waals surface area contributed by atoms with Gasteiger partial charge in [-0.3, -0.25) is 4.40 Å². The van der Waals surface area contributed by atoms with Crippen LogP contribution in [-0.4, -0.2) is 14.4 Å². The zero-order valence-corrected chi connectivity index (χ0v) is 9.60. The maximum Gasteiger partial charge on any atom is 0.150 e. The van der Waals surface area contributed by atoms with Gasteiger partial charge in [-0.2, -0.15) is 0 Å². The van der Waals surface area contributed by atoms with Crippen molar-refractivity contribution in [1.29, 1.82) is 0 Å². The van der Waals surface area contributed by atoms with Gasteiger partial charge in [-0.25, -0.2) is 9.97 Å². The number of hydrogen-bond donors (Lipinski definition) is 1. The number of halogens is 1. The second-order valence-electron chi connectivity index (χ2n) is 3.57. The van der Waals surface area contributed by atoms with Gasteiger partial charge in [0.25, 0.3) is 0 Å². The number of fused-ring (bicyclic) bond motifs is 1. The first-order valence-electron chi connectivity index (χ1n) is 4.55. The fourth-order valence-corrected chi connectivity index (χ4v) is 2.46. The van der Waals surface area contributed by atoms with Crippen LogP contribution in [0.25, 0.3) is 5.52 Å². The van der Waals surface area contributed by atoms with Crippen LogP contribution >= 0.6 is 22.6 Å². The molecule has 0 radical (unpaired) electrons. The Morgan fingerprint density at radius 3 is 3.00 bits per heavy atom. The molecule has 0 unspecified atom stereocenters. The van der Waals surface area contributed by atoms with Crippen LogP contribution in [0.3, 0.4) is 0 Å². The zero-order valence-electron chi connectivity index (χ0n) is 7.44. The SMILES string of the molecule is Nc1nccn2c(C3CC3)nc(I)c12. The summed E-state index contributed by atoms with van der Waals surface area (Å²) in [6, 6.07) is 0. The number of anilines is 1. The normalized spacial score (nSPS) is 16.4. The number of nitrogens with zero attached hydrogens (tertiary/aromatic N) is 3. The maximum atomic E-state index is 5.81. The van der Waals surface area contributed by atoms with Gasteiger partial charge in [-0.05, 0) is 35.4 Å². The summed E-state index contributed by atoms with van der Waals surface area (Å²) in [5, 5.41) is 0. The van der Waals surface area contributed by atoms with E-state index in [1.807, 2.05) is 6.20 Å². The van der Waals surface area contributed by atoms with Crippen molar-refractivity contribution in [3.05, 3.63) is 21.9 Å². The Labute approximate surface area is 94.7 Å². The zero-order chi connectivity index (χ0) is 9.71. The summed E-state index contributed by atoms with van der Waals surface area (Å²) in [7, 11) is 0. The molecule has 72 valence electrons. The van der Waals surface area contributed by atoms with Crippen molar-refractivity contribution in [3.63, 3.8) is 0 Å². The summed E-state index contributed by atoms with van der Waals surface area (Å²) in [5.41, 5.74) is 6.77. The van der Waals surface area contributed by atoms with E-state index in [0.717, 1.165) is 15.0 Å². The Kier molecular flexibility index (Phi) is 1.70. The highest BCUT2D eigenvalue weighted by Crippen LogP contribution is 2.40. The van der Waals surface area contributed by atoms with E-state index in [1.165, 1.54) is 12.8 Å². The second kappa shape index (κ2) is 2.82. The van der Waals surface area contributed by atoms with Crippen LogP contribution in [0.2, 0.25) is 0 Å². The molecule has 0 spiro atoms. The van der Waals surface area contributed by atoms with E-state index in [4.69, 9.17) is 5.73 Å². The monoisotopic (exact) mass is 300 g/mol.